The molecule has 0 aliphatic carbocycles. The van der Waals surface area contributed by atoms with Gasteiger partial charge in [0.25, 0.3) is 5.56 Å². The molecule has 1 unspecified atom stereocenters. The maximum absolute atomic E-state index is 12.6. The average Bonchev–Trinajstić information content (AvgIpc) is 2.48. The maximum Gasteiger partial charge on any atom is 0.433 e. The molecule has 10 heteroatoms. The highest BCUT2D eigenvalue weighted by Gasteiger charge is 2.33. The summed E-state index contributed by atoms with van der Waals surface area (Å²) >= 11 is 6.45. The Kier molecular flexibility index (Phi) is 5.55. The van der Waals surface area contributed by atoms with Crippen molar-refractivity contribution < 1.29 is 18.0 Å². The van der Waals surface area contributed by atoms with Crippen molar-refractivity contribution in [3.8, 4) is 0 Å². The number of aromatic nitrogens is 2. The Hall–Kier alpha value is -2.00. The first-order chi connectivity index (χ1) is 11.1. The van der Waals surface area contributed by atoms with Crippen LogP contribution in [0.3, 0.4) is 0 Å². The van der Waals surface area contributed by atoms with Crippen molar-refractivity contribution in [2.24, 2.45) is 0 Å². The molecule has 2 N–H and O–H groups in total. The summed E-state index contributed by atoms with van der Waals surface area (Å²) in [4.78, 5) is 28.9. The summed E-state index contributed by atoms with van der Waals surface area (Å²) in [5.41, 5.74) is -1.76. The summed E-state index contributed by atoms with van der Waals surface area (Å²) < 4.78 is 37.9. The predicted molar refractivity (Wildman–Crippen MR) is 85.3 cm³/mol. The molecule has 128 valence electrons. The fourth-order valence-corrected chi connectivity index (χ4v) is 2.57. The van der Waals surface area contributed by atoms with E-state index in [1.807, 2.05) is 0 Å². The Bertz CT molecular complexity index is 793. The largest absolute Gasteiger partial charge is 0.433 e. The van der Waals surface area contributed by atoms with Crippen molar-refractivity contribution in [1.82, 2.24) is 9.97 Å². The highest BCUT2D eigenvalue weighted by atomic mass is 35.5. The topological polar surface area (TPSA) is 74.8 Å². The molecular weight excluding hydrogens is 367 g/mol. The van der Waals surface area contributed by atoms with E-state index in [1.54, 1.807) is 24.3 Å². The van der Waals surface area contributed by atoms with E-state index >= 15 is 0 Å². The van der Waals surface area contributed by atoms with Crippen molar-refractivity contribution in [3.63, 3.8) is 0 Å². The Morgan fingerprint density at radius 3 is 2.54 bits per heavy atom. The van der Waals surface area contributed by atoms with Gasteiger partial charge in [0.05, 0.1) is 5.25 Å². The first kappa shape index (κ1) is 18.3. The van der Waals surface area contributed by atoms with E-state index in [2.05, 4.69) is 15.3 Å². The van der Waals surface area contributed by atoms with E-state index in [1.165, 1.54) is 6.92 Å². The van der Waals surface area contributed by atoms with Crippen LogP contribution < -0.4 is 10.9 Å². The van der Waals surface area contributed by atoms with Gasteiger partial charge in [0.2, 0.25) is 5.91 Å². The smallest absolute Gasteiger partial charge is 0.325 e. The summed E-state index contributed by atoms with van der Waals surface area (Å²) in [6.07, 6.45) is -4.74. The number of nitrogens with one attached hydrogen (secondary N) is 2. The van der Waals surface area contributed by atoms with Crippen LogP contribution in [-0.2, 0) is 11.0 Å². The van der Waals surface area contributed by atoms with E-state index in [9.17, 15) is 22.8 Å². The van der Waals surface area contributed by atoms with Gasteiger partial charge in [0.15, 0.2) is 10.9 Å². The second-order valence-electron chi connectivity index (χ2n) is 4.69. The summed E-state index contributed by atoms with van der Waals surface area (Å²) in [5, 5.41) is 2.02. The quantitative estimate of drug-likeness (QED) is 0.631. The van der Waals surface area contributed by atoms with Crippen LogP contribution in [-0.4, -0.2) is 21.1 Å². The van der Waals surface area contributed by atoms with Crippen molar-refractivity contribution in [2.75, 3.05) is 5.32 Å². The Balaban J connectivity index is 2.10. The van der Waals surface area contributed by atoms with E-state index in [0.29, 0.717) is 28.5 Å². The number of carbonyl (C=O) groups is 1. The molecule has 1 aromatic carbocycles. The van der Waals surface area contributed by atoms with Gasteiger partial charge >= 0.3 is 6.18 Å². The molecule has 0 radical (unpaired) electrons. The second-order valence-corrected chi connectivity index (χ2v) is 6.46. The lowest BCUT2D eigenvalue weighted by Gasteiger charge is -2.12. The van der Waals surface area contributed by atoms with E-state index < -0.39 is 28.6 Å². The fourth-order valence-electron chi connectivity index (χ4n) is 1.63. The number of hydrogen-bond donors (Lipinski definition) is 2. The van der Waals surface area contributed by atoms with Gasteiger partial charge in [-0.05, 0) is 31.2 Å². The van der Waals surface area contributed by atoms with Gasteiger partial charge in [-0.1, -0.05) is 23.4 Å². The number of alkyl halides is 3. The molecule has 2 rings (SSSR count). The number of amides is 1. The lowest BCUT2D eigenvalue weighted by Crippen LogP contribution is -2.24. The van der Waals surface area contributed by atoms with Crippen LogP contribution in [0.4, 0.5) is 18.9 Å². The SMILES string of the molecule is CC(Sc1nc(C(F)(F)F)cc(=O)[nH]1)C(=O)Nc1ccc(Cl)cc1. The fraction of sp³-hybridized carbons (Fsp3) is 0.214. The highest BCUT2D eigenvalue weighted by Crippen LogP contribution is 2.28. The van der Waals surface area contributed by atoms with Crippen molar-refractivity contribution in [2.45, 2.75) is 23.5 Å². The van der Waals surface area contributed by atoms with Crippen LogP contribution in [0, 0.1) is 0 Å². The zero-order valence-electron chi connectivity index (χ0n) is 12.1. The zero-order chi connectivity index (χ0) is 17.9. The molecule has 0 bridgehead atoms. The van der Waals surface area contributed by atoms with Crippen LogP contribution in [0.15, 0.2) is 40.3 Å². The van der Waals surface area contributed by atoms with Crippen molar-refractivity contribution in [1.29, 1.82) is 0 Å². The van der Waals surface area contributed by atoms with Gasteiger partial charge in [-0.25, -0.2) is 4.98 Å². The molecule has 1 aromatic heterocycles. The molecule has 5 nitrogen and oxygen atoms in total. The summed E-state index contributed by atoms with van der Waals surface area (Å²) in [5.74, 6) is -0.456. The highest BCUT2D eigenvalue weighted by molar-refractivity contribution is 8.00. The van der Waals surface area contributed by atoms with Crippen LogP contribution in [0.2, 0.25) is 5.02 Å². The monoisotopic (exact) mass is 377 g/mol. The lowest BCUT2D eigenvalue weighted by molar-refractivity contribution is -0.141. The number of benzene rings is 1. The Morgan fingerprint density at radius 1 is 1.33 bits per heavy atom. The van der Waals surface area contributed by atoms with E-state index in [0.717, 1.165) is 0 Å². The first-order valence-electron chi connectivity index (χ1n) is 6.57. The molecule has 24 heavy (non-hydrogen) atoms. The van der Waals surface area contributed by atoms with E-state index in [4.69, 9.17) is 11.6 Å². The second kappa shape index (κ2) is 7.27. The Morgan fingerprint density at radius 2 is 1.96 bits per heavy atom. The van der Waals surface area contributed by atoms with Crippen LogP contribution in [0.25, 0.3) is 0 Å². The molecule has 0 aliphatic rings. The number of anilines is 1. The standard InChI is InChI=1S/C14H11ClF3N3O2S/c1-7(12(23)19-9-4-2-8(15)3-5-9)24-13-20-10(14(16,17)18)6-11(22)21-13/h2-7H,1H3,(H,19,23)(H,20,21,22). The summed E-state index contributed by atoms with van der Waals surface area (Å²) in [7, 11) is 0. The molecule has 0 saturated carbocycles. The number of thioether (sulfide) groups is 1. The van der Waals surface area contributed by atoms with Crippen molar-refractivity contribution >= 4 is 35.0 Å². The maximum atomic E-state index is 12.6. The minimum absolute atomic E-state index is 0.284. The van der Waals surface area contributed by atoms with Gasteiger partial charge in [0, 0.05) is 16.8 Å². The molecule has 1 atom stereocenters. The number of carbonyl (C=O) groups excluding carboxylic acids is 1. The third-order valence-corrected chi connectivity index (χ3v) is 4.02. The van der Waals surface area contributed by atoms with Gasteiger partial charge in [-0.2, -0.15) is 13.2 Å². The molecule has 0 spiro atoms. The molecule has 0 saturated heterocycles. The number of rotatable bonds is 4. The molecule has 1 heterocycles. The van der Waals surface area contributed by atoms with Crippen molar-refractivity contribution in [3.05, 3.63) is 51.4 Å². The predicted octanol–water partition coefficient (Wildman–Crippen LogP) is 3.56. The van der Waals surface area contributed by atoms with Gasteiger partial charge in [-0.3, -0.25) is 9.59 Å². The summed E-state index contributed by atoms with van der Waals surface area (Å²) in [6, 6.07) is 6.70. The molecular formula is C14H11ClF3N3O2S. The van der Waals surface area contributed by atoms with Gasteiger partial charge in [-0.15, -0.1) is 0 Å². The zero-order valence-corrected chi connectivity index (χ0v) is 13.7. The van der Waals surface area contributed by atoms with Gasteiger partial charge < -0.3 is 10.3 Å². The molecule has 1 amide bonds. The molecule has 0 fully saturated rings. The third-order valence-electron chi connectivity index (χ3n) is 2.78. The van der Waals surface area contributed by atoms with Crippen LogP contribution >= 0.6 is 23.4 Å². The van der Waals surface area contributed by atoms with Gasteiger partial charge in [0.1, 0.15) is 0 Å². The normalized spacial score (nSPS) is 12.7. The van der Waals surface area contributed by atoms with E-state index in [-0.39, 0.29) is 5.16 Å². The Labute approximate surface area is 143 Å². The number of aromatic amines is 1. The number of hydrogen-bond acceptors (Lipinski definition) is 4. The average molecular weight is 378 g/mol. The van der Waals surface area contributed by atoms with Crippen LogP contribution in [0.1, 0.15) is 12.6 Å². The molecule has 0 aliphatic heterocycles. The number of nitrogens with zero attached hydrogens (tertiary/aromatic N) is 1. The summed E-state index contributed by atoms with van der Waals surface area (Å²) in [6.45, 7) is 1.48. The minimum atomic E-state index is -4.74. The number of halogens is 4. The lowest BCUT2D eigenvalue weighted by atomic mass is 10.3. The number of H-pyrrole nitrogens is 1. The first-order valence-corrected chi connectivity index (χ1v) is 7.82. The van der Waals surface area contributed by atoms with Crippen LogP contribution in [0.5, 0.6) is 0 Å². The molecule has 2 aromatic rings. The minimum Gasteiger partial charge on any atom is -0.325 e. The third kappa shape index (κ3) is 5.00.